The van der Waals surface area contributed by atoms with Crippen LogP contribution >= 0.6 is 0 Å². The normalized spacial score (nSPS) is 20.4. The van der Waals surface area contributed by atoms with Crippen LogP contribution in [0.4, 0.5) is 5.95 Å². The number of benzene rings is 1. The Labute approximate surface area is 176 Å². The average Bonchev–Trinajstić information content (AvgIpc) is 2.80. The number of hydrogen-bond donors (Lipinski definition) is 0. The molecule has 1 fully saturated rings. The molecule has 6 heteroatoms. The molecule has 30 heavy (non-hydrogen) atoms. The molecule has 0 N–H and O–H groups in total. The number of fused-ring (bicyclic) bond motifs is 3. The maximum Gasteiger partial charge on any atom is 0.255 e. The van der Waals surface area contributed by atoms with E-state index in [-0.39, 0.29) is 5.56 Å². The Bertz CT molecular complexity index is 1130. The van der Waals surface area contributed by atoms with Crippen molar-refractivity contribution in [2.24, 2.45) is 7.05 Å². The standard InChI is InChI=1S/C24H26N4O2/c1-27-23(29)15-21(16-9-11-25-12-10-16)26-24(27)28-13-3-4-20-19-7-6-18(30-2)14-17(19)5-8-22(20)28/h6-7,9-12,14-15,20,22H,3-5,8,13H2,1-2H3/t20-,22-/m0/s1. The van der Waals surface area contributed by atoms with Crippen molar-refractivity contribution >= 4 is 5.95 Å². The van der Waals surface area contributed by atoms with Gasteiger partial charge in [-0.15, -0.1) is 0 Å². The zero-order valence-corrected chi connectivity index (χ0v) is 17.4. The maximum absolute atomic E-state index is 12.8. The highest BCUT2D eigenvalue weighted by Crippen LogP contribution is 2.42. The molecule has 5 rings (SSSR count). The fourth-order valence-corrected chi connectivity index (χ4v) is 5.07. The van der Waals surface area contributed by atoms with Gasteiger partial charge < -0.3 is 9.64 Å². The molecule has 0 bridgehead atoms. The average molecular weight is 402 g/mol. The monoisotopic (exact) mass is 402 g/mol. The van der Waals surface area contributed by atoms with Crippen molar-refractivity contribution in [3.63, 3.8) is 0 Å². The summed E-state index contributed by atoms with van der Waals surface area (Å²) >= 11 is 0. The summed E-state index contributed by atoms with van der Waals surface area (Å²) in [4.78, 5) is 24.2. The Morgan fingerprint density at radius 1 is 1.10 bits per heavy atom. The molecule has 1 aliphatic carbocycles. The SMILES string of the molecule is COc1ccc2c(c1)CC[C@H]1[C@H]2CCCN1c1nc(-c2ccncc2)cc(=O)n1C. The third kappa shape index (κ3) is 3.16. The lowest BCUT2D eigenvalue weighted by Gasteiger charge is -2.45. The summed E-state index contributed by atoms with van der Waals surface area (Å²) < 4.78 is 7.12. The lowest BCUT2D eigenvalue weighted by atomic mass is 9.74. The molecule has 2 atom stereocenters. The molecule has 154 valence electrons. The van der Waals surface area contributed by atoms with Crippen LogP contribution in [-0.2, 0) is 13.5 Å². The summed E-state index contributed by atoms with van der Waals surface area (Å²) in [6, 6.07) is 12.2. The van der Waals surface area contributed by atoms with Crippen molar-refractivity contribution in [1.29, 1.82) is 0 Å². The van der Waals surface area contributed by atoms with Gasteiger partial charge >= 0.3 is 0 Å². The van der Waals surface area contributed by atoms with E-state index in [1.54, 1.807) is 30.1 Å². The number of ether oxygens (including phenoxy) is 1. The Hall–Kier alpha value is -3.15. The molecular weight excluding hydrogens is 376 g/mol. The third-order valence-electron chi connectivity index (χ3n) is 6.58. The van der Waals surface area contributed by atoms with Crippen molar-refractivity contribution < 1.29 is 4.74 Å². The van der Waals surface area contributed by atoms with Crippen LogP contribution in [-0.4, -0.2) is 34.2 Å². The van der Waals surface area contributed by atoms with Crippen molar-refractivity contribution in [1.82, 2.24) is 14.5 Å². The van der Waals surface area contributed by atoms with Gasteiger partial charge in [-0.2, -0.15) is 0 Å². The van der Waals surface area contributed by atoms with Gasteiger partial charge in [-0.25, -0.2) is 4.98 Å². The minimum Gasteiger partial charge on any atom is -0.497 e. The predicted octanol–water partition coefficient (Wildman–Crippen LogP) is 3.55. The van der Waals surface area contributed by atoms with Crippen LogP contribution in [0.3, 0.4) is 0 Å². The van der Waals surface area contributed by atoms with Crippen LogP contribution in [0.5, 0.6) is 5.75 Å². The fraction of sp³-hybridized carbons (Fsp3) is 0.375. The van der Waals surface area contributed by atoms with Crippen molar-refractivity contribution in [3.8, 4) is 17.0 Å². The van der Waals surface area contributed by atoms with Crippen LogP contribution < -0.4 is 15.2 Å². The Kier molecular flexibility index (Phi) is 4.77. The summed E-state index contributed by atoms with van der Waals surface area (Å²) in [5, 5.41) is 0. The minimum absolute atomic E-state index is 0.0325. The van der Waals surface area contributed by atoms with Gasteiger partial charge in [0, 0.05) is 49.6 Å². The molecule has 2 aliphatic rings. The van der Waals surface area contributed by atoms with E-state index in [2.05, 4.69) is 28.1 Å². The molecule has 1 saturated heterocycles. The van der Waals surface area contributed by atoms with Crippen LogP contribution in [0.15, 0.2) is 53.6 Å². The molecule has 3 heterocycles. The Morgan fingerprint density at radius 2 is 1.93 bits per heavy atom. The van der Waals surface area contributed by atoms with Gasteiger partial charge in [0.2, 0.25) is 5.95 Å². The second-order valence-electron chi connectivity index (χ2n) is 8.19. The van der Waals surface area contributed by atoms with Crippen molar-refractivity contribution in [2.75, 3.05) is 18.6 Å². The van der Waals surface area contributed by atoms with Crippen LogP contribution in [0, 0.1) is 0 Å². The number of pyridine rings is 1. The van der Waals surface area contributed by atoms with Gasteiger partial charge in [0.15, 0.2) is 0 Å². The van der Waals surface area contributed by atoms with E-state index in [1.165, 1.54) is 17.5 Å². The van der Waals surface area contributed by atoms with E-state index in [9.17, 15) is 4.79 Å². The molecule has 1 aliphatic heterocycles. The Balaban J connectivity index is 1.55. The summed E-state index contributed by atoms with van der Waals surface area (Å²) in [6.45, 7) is 0.923. The molecule has 0 unspecified atom stereocenters. The number of piperidine rings is 1. The second kappa shape index (κ2) is 7.59. The maximum atomic E-state index is 12.8. The zero-order valence-electron chi connectivity index (χ0n) is 17.4. The summed E-state index contributed by atoms with van der Waals surface area (Å²) in [5.41, 5.74) is 4.41. The van der Waals surface area contributed by atoms with E-state index >= 15 is 0 Å². The molecule has 0 saturated carbocycles. The van der Waals surface area contributed by atoms with Crippen LogP contribution in [0.25, 0.3) is 11.3 Å². The predicted molar refractivity (Wildman–Crippen MR) is 117 cm³/mol. The number of aryl methyl sites for hydroxylation is 1. The highest BCUT2D eigenvalue weighted by atomic mass is 16.5. The summed E-state index contributed by atoms with van der Waals surface area (Å²) in [5.74, 6) is 2.14. The lowest BCUT2D eigenvalue weighted by Crippen LogP contribution is -2.48. The molecule has 0 radical (unpaired) electrons. The van der Waals surface area contributed by atoms with Gasteiger partial charge in [0.1, 0.15) is 5.75 Å². The Morgan fingerprint density at radius 3 is 2.73 bits per heavy atom. The van der Waals surface area contributed by atoms with Gasteiger partial charge in [0.05, 0.1) is 12.8 Å². The van der Waals surface area contributed by atoms with Gasteiger partial charge in [-0.1, -0.05) is 6.07 Å². The molecule has 0 spiro atoms. The smallest absolute Gasteiger partial charge is 0.255 e. The molecule has 3 aromatic rings. The van der Waals surface area contributed by atoms with E-state index in [1.807, 2.05) is 19.2 Å². The first-order chi connectivity index (χ1) is 14.7. The van der Waals surface area contributed by atoms with Crippen molar-refractivity contribution in [3.05, 3.63) is 70.3 Å². The number of rotatable bonds is 3. The number of hydrogen-bond acceptors (Lipinski definition) is 5. The second-order valence-corrected chi connectivity index (χ2v) is 8.19. The molecule has 2 aromatic heterocycles. The number of methoxy groups -OCH3 is 1. The molecule has 1 aromatic carbocycles. The summed E-state index contributed by atoms with van der Waals surface area (Å²) in [7, 11) is 3.55. The molecular formula is C24H26N4O2. The number of nitrogens with zero attached hydrogens (tertiary/aromatic N) is 4. The zero-order chi connectivity index (χ0) is 20.7. The van der Waals surface area contributed by atoms with E-state index < -0.39 is 0 Å². The van der Waals surface area contributed by atoms with Gasteiger partial charge in [-0.3, -0.25) is 14.3 Å². The van der Waals surface area contributed by atoms with E-state index in [0.29, 0.717) is 17.7 Å². The highest BCUT2D eigenvalue weighted by molar-refractivity contribution is 5.60. The van der Waals surface area contributed by atoms with E-state index in [0.717, 1.165) is 43.1 Å². The minimum atomic E-state index is -0.0325. The summed E-state index contributed by atoms with van der Waals surface area (Å²) in [6.07, 6.45) is 7.79. The number of aromatic nitrogens is 3. The first-order valence-corrected chi connectivity index (χ1v) is 10.6. The van der Waals surface area contributed by atoms with Gasteiger partial charge in [0.25, 0.3) is 5.56 Å². The third-order valence-corrected chi connectivity index (χ3v) is 6.58. The first-order valence-electron chi connectivity index (χ1n) is 10.6. The van der Waals surface area contributed by atoms with Crippen LogP contribution in [0.1, 0.15) is 36.3 Å². The lowest BCUT2D eigenvalue weighted by molar-refractivity contribution is 0.356. The highest BCUT2D eigenvalue weighted by Gasteiger charge is 2.38. The fourth-order valence-electron chi connectivity index (χ4n) is 5.07. The molecule has 0 amide bonds. The number of anilines is 1. The largest absolute Gasteiger partial charge is 0.497 e. The first kappa shape index (κ1) is 18.9. The van der Waals surface area contributed by atoms with E-state index in [4.69, 9.17) is 9.72 Å². The van der Waals surface area contributed by atoms with Gasteiger partial charge in [-0.05, 0) is 61.1 Å². The quantitative estimate of drug-likeness (QED) is 0.671. The topological polar surface area (TPSA) is 60.2 Å². The van der Waals surface area contributed by atoms with Crippen LogP contribution in [0.2, 0.25) is 0 Å². The molecule has 6 nitrogen and oxygen atoms in total. The van der Waals surface area contributed by atoms with Crippen molar-refractivity contribution in [2.45, 2.75) is 37.6 Å².